The average Bonchev–Trinajstić information content (AvgIpc) is 2.71. The number of alkyl halides is 6. The molecule has 3 rings (SSSR count). The van der Waals surface area contributed by atoms with E-state index in [0.29, 0.717) is 18.6 Å². The van der Waals surface area contributed by atoms with Gasteiger partial charge in [0.15, 0.2) is 0 Å². The SMILES string of the molecule is O=C(CNC(=O)Nc1cc(C(F)(F)F)cc(C(F)(F)F)c1)NC1CCCc2ccccc21. The predicted octanol–water partition coefficient (Wildman–Crippen LogP) is 5.04. The van der Waals surface area contributed by atoms with E-state index in [4.69, 9.17) is 0 Å². The highest BCUT2D eigenvalue weighted by Gasteiger charge is 2.37. The molecule has 5 nitrogen and oxygen atoms in total. The van der Waals surface area contributed by atoms with Crippen LogP contribution in [0.5, 0.6) is 0 Å². The first-order valence-electron chi connectivity index (χ1n) is 9.65. The molecule has 0 radical (unpaired) electrons. The Hall–Kier alpha value is -3.24. The van der Waals surface area contributed by atoms with Gasteiger partial charge in [0.2, 0.25) is 5.91 Å². The molecule has 0 heterocycles. The maximum Gasteiger partial charge on any atom is 0.416 e. The summed E-state index contributed by atoms with van der Waals surface area (Å²) in [6.07, 6.45) is -7.61. The number of nitrogens with one attached hydrogen (secondary N) is 3. The van der Waals surface area contributed by atoms with E-state index in [0.717, 1.165) is 24.0 Å². The van der Waals surface area contributed by atoms with Gasteiger partial charge in [-0.05, 0) is 48.6 Å². The molecule has 0 aromatic heterocycles. The molecule has 1 unspecified atom stereocenters. The Balaban J connectivity index is 1.61. The first-order chi connectivity index (χ1) is 14.9. The molecule has 32 heavy (non-hydrogen) atoms. The van der Waals surface area contributed by atoms with Gasteiger partial charge in [0.25, 0.3) is 0 Å². The van der Waals surface area contributed by atoms with Crippen molar-refractivity contribution >= 4 is 17.6 Å². The topological polar surface area (TPSA) is 70.2 Å². The largest absolute Gasteiger partial charge is 0.416 e. The lowest BCUT2D eigenvalue weighted by molar-refractivity contribution is -0.143. The van der Waals surface area contributed by atoms with Crippen molar-refractivity contribution in [1.29, 1.82) is 0 Å². The minimum Gasteiger partial charge on any atom is -0.348 e. The molecule has 0 aliphatic heterocycles. The van der Waals surface area contributed by atoms with Crippen LogP contribution in [0.3, 0.4) is 0 Å². The third kappa shape index (κ3) is 5.92. The van der Waals surface area contributed by atoms with Crippen LogP contribution >= 0.6 is 0 Å². The lowest BCUT2D eigenvalue weighted by Crippen LogP contribution is -2.41. The average molecular weight is 459 g/mol. The number of aryl methyl sites for hydroxylation is 1. The molecule has 0 saturated carbocycles. The van der Waals surface area contributed by atoms with Gasteiger partial charge in [-0.2, -0.15) is 26.3 Å². The maximum atomic E-state index is 12.9. The number of hydrogen-bond donors (Lipinski definition) is 3. The number of carbonyl (C=O) groups excluding carboxylic acids is 2. The first-order valence-corrected chi connectivity index (χ1v) is 9.65. The summed E-state index contributed by atoms with van der Waals surface area (Å²) in [6, 6.07) is 6.97. The van der Waals surface area contributed by atoms with Crippen LogP contribution in [-0.2, 0) is 23.6 Å². The first kappa shape index (κ1) is 23.4. The highest BCUT2D eigenvalue weighted by molar-refractivity contribution is 5.92. The van der Waals surface area contributed by atoms with Crippen molar-refractivity contribution in [3.8, 4) is 0 Å². The van der Waals surface area contributed by atoms with Crippen molar-refractivity contribution in [1.82, 2.24) is 10.6 Å². The molecule has 0 spiro atoms. The molecular weight excluding hydrogens is 440 g/mol. The fourth-order valence-electron chi connectivity index (χ4n) is 3.51. The van der Waals surface area contributed by atoms with Crippen LogP contribution in [0.15, 0.2) is 42.5 Å². The van der Waals surface area contributed by atoms with Gasteiger partial charge >= 0.3 is 18.4 Å². The number of fused-ring (bicyclic) bond motifs is 1. The normalized spacial score (nSPS) is 16.1. The minimum atomic E-state index is -5.04. The lowest BCUT2D eigenvalue weighted by atomic mass is 9.88. The second-order valence-corrected chi connectivity index (χ2v) is 7.31. The van der Waals surface area contributed by atoms with E-state index in [1.54, 1.807) is 0 Å². The second-order valence-electron chi connectivity index (χ2n) is 7.31. The number of urea groups is 1. The van der Waals surface area contributed by atoms with Crippen molar-refractivity contribution in [2.45, 2.75) is 37.7 Å². The lowest BCUT2D eigenvalue weighted by Gasteiger charge is -2.26. The molecule has 3 amide bonds. The van der Waals surface area contributed by atoms with E-state index in [2.05, 4.69) is 10.6 Å². The van der Waals surface area contributed by atoms with E-state index in [9.17, 15) is 35.9 Å². The highest BCUT2D eigenvalue weighted by atomic mass is 19.4. The zero-order valence-corrected chi connectivity index (χ0v) is 16.5. The third-order valence-corrected chi connectivity index (χ3v) is 4.96. The van der Waals surface area contributed by atoms with E-state index in [-0.39, 0.29) is 12.1 Å². The number of benzene rings is 2. The smallest absolute Gasteiger partial charge is 0.348 e. The van der Waals surface area contributed by atoms with Gasteiger partial charge in [-0.15, -0.1) is 0 Å². The van der Waals surface area contributed by atoms with Crippen molar-refractivity contribution in [3.63, 3.8) is 0 Å². The van der Waals surface area contributed by atoms with Gasteiger partial charge in [-0.25, -0.2) is 4.79 Å². The Bertz CT molecular complexity index is 972. The fraction of sp³-hybridized carbons (Fsp3) is 0.333. The molecule has 172 valence electrons. The summed E-state index contributed by atoms with van der Waals surface area (Å²) in [5.74, 6) is -0.540. The zero-order chi connectivity index (χ0) is 23.5. The van der Waals surface area contributed by atoms with E-state index < -0.39 is 47.6 Å². The maximum absolute atomic E-state index is 12.9. The summed E-state index contributed by atoms with van der Waals surface area (Å²) in [4.78, 5) is 24.2. The van der Waals surface area contributed by atoms with Crippen LogP contribution in [0.2, 0.25) is 0 Å². The number of amides is 3. The highest BCUT2D eigenvalue weighted by Crippen LogP contribution is 2.37. The summed E-state index contributed by atoms with van der Waals surface area (Å²) in [5, 5.41) is 6.82. The van der Waals surface area contributed by atoms with Gasteiger partial charge < -0.3 is 16.0 Å². The van der Waals surface area contributed by atoms with Crippen molar-refractivity contribution in [2.24, 2.45) is 0 Å². The molecule has 0 fully saturated rings. The summed E-state index contributed by atoms with van der Waals surface area (Å²) in [7, 11) is 0. The molecule has 0 saturated heterocycles. The van der Waals surface area contributed by atoms with Crippen LogP contribution in [0.4, 0.5) is 36.8 Å². The van der Waals surface area contributed by atoms with Gasteiger partial charge in [-0.1, -0.05) is 24.3 Å². The van der Waals surface area contributed by atoms with Crippen molar-refractivity contribution < 1.29 is 35.9 Å². The summed E-state index contributed by atoms with van der Waals surface area (Å²) in [6.45, 7) is -0.504. The molecule has 2 aromatic carbocycles. The fourth-order valence-corrected chi connectivity index (χ4v) is 3.51. The second kappa shape index (κ2) is 9.09. The van der Waals surface area contributed by atoms with Gasteiger partial charge in [0.05, 0.1) is 23.7 Å². The van der Waals surface area contributed by atoms with E-state index in [1.807, 2.05) is 29.6 Å². The summed E-state index contributed by atoms with van der Waals surface area (Å²) < 4.78 is 77.4. The Kier molecular flexibility index (Phi) is 6.65. The number of carbonyl (C=O) groups is 2. The molecule has 1 aliphatic carbocycles. The number of halogens is 6. The number of hydrogen-bond acceptors (Lipinski definition) is 2. The molecule has 2 aromatic rings. The van der Waals surface area contributed by atoms with Crippen LogP contribution in [0.1, 0.15) is 41.1 Å². The monoisotopic (exact) mass is 459 g/mol. The van der Waals surface area contributed by atoms with Crippen LogP contribution < -0.4 is 16.0 Å². The standard InChI is InChI=1S/C21H19F6N3O2/c22-20(23,24)13-8-14(21(25,26)27)10-15(9-13)29-19(32)28-11-18(31)30-17-7-3-5-12-4-1-2-6-16(12)17/h1-2,4,6,8-10,17H,3,5,7,11H2,(H,30,31)(H2,28,29,32). The van der Waals surface area contributed by atoms with E-state index >= 15 is 0 Å². The molecule has 3 N–H and O–H groups in total. The van der Waals surface area contributed by atoms with Gasteiger partial charge in [0.1, 0.15) is 0 Å². The Morgan fingerprint density at radius 2 is 1.56 bits per heavy atom. The van der Waals surface area contributed by atoms with E-state index in [1.165, 1.54) is 0 Å². The quantitative estimate of drug-likeness (QED) is 0.561. The third-order valence-electron chi connectivity index (χ3n) is 4.96. The number of anilines is 1. The van der Waals surface area contributed by atoms with Crippen LogP contribution in [0, 0.1) is 0 Å². The summed E-state index contributed by atoms with van der Waals surface area (Å²) >= 11 is 0. The van der Waals surface area contributed by atoms with Crippen molar-refractivity contribution in [3.05, 3.63) is 64.7 Å². The molecule has 11 heteroatoms. The van der Waals surface area contributed by atoms with Gasteiger partial charge in [0, 0.05) is 5.69 Å². The molecule has 0 bridgehead atoms. The molecular formula is C21H19F6N3O2. The van der Waals surface area contributed by atoms with Crippen LogP contribution in [0.25, 0.3) is 0 Å². The Labute approximate surface area is 179 Å². The van der Waals surface area contributed by atoms with Crippen LogP contribution in [-0.4, -0.2) is 18.5 Å². The minimum absolute atomic E-state index is 0.0431. The Morgan fingerprint density at radius 3 is 2.19 bits per heavy atom. The van der Waals surface area contributed by atoms with Crippen molar-refractivity contribution in [2.75, 3.05) is 11.9 Å². The molecule has 1 atom stereocenters. The predicted molar refractivity (Wildman–Crippen MR) is 104 cm³/mol. The Morgan fingerprint density at radius 1 is 0.938 bits per heavy atom. The summed E-state index contributed by atoms with van der Waals surface area (Å²) in [5.41, 5.74) is -1.74. The zero-order valence-electron chi connectivity index (χ0n) is 16.5. The molecule has 1 aliphatic rings. The van der Waals surface area contributed by atoms with Gasteiger partial charge in [-0.3, -0.25) is 4.79 Å². The number of rotatable bonds is 4.